The summed E-state index contributed by atoms with van der Waals surface area (Å²) in [6.07, 6.45) is 0.331. The van der Waals surface area contributed by atoms with Crippen molar-refractivity contribution < 1.29 is 26.4 Å². The number of rotatable bonds is 3. The standard InChI is InChI=1S/C16H21F3N2O3S/c1-16(2,3)10-13(22)20-6-8-21(9-7-20)25(23,24)12-5-4-11(17)14(18)15(12)19/h4-5H,6-10H2,1-3H3. The number of carbonyl (C=O) groups is 1. The molecule has 1 saturated heterocycles. The largest absolute Gasteiger partial charge is 0.340 e. The van der Waals surface area contributed by atoms with Gasteiger partial charge >= 0.3 is 0 Å². The number of hydrogen-bond donors (Lipinski definition) is 0. The van der Waals surface area contributed by atoms with Crippen molar-refractivity contribution in [2.75, 3.05) is 26.2 Å². The molecule has 1 aromatic rings. The zero-order valence-corrected chi connectivity index (χ0v) is 15.2. The molecule has 1 amide bonds. The highest BCUT2D eigenvalue weighted by Crippen LogP contribution is 2.25. The van der Waals surface area contributed by atoms with Crippen LogP contribution in [0, 0.1) is 22.9 Å². The van der Waals surface area contributed by atoms with E-state index in [0.717, 1.165) is 4.31 Å². The number of nitrogens with zero attached hydrogens (tertiary/aromatic N) is 2. The Morgan fingerprint density at radius 2 is 1.60 bits per heavy atom. The minimum Gasteiger partial charge on any atom is -0.340 e. The number of sulfonamides is 1. The third-order valence-electron chi connectivity index (χ3n) is 3.89. The summed E-state index contributed by atoms with van der Waals surface area (Å²) in [7, 11) is -4.30. The molecule has 0 N–H and O–H groups in total. The van der Waals surface area contributed by atoms with Crippen LogP contribution in [0.25, 0.3) is 0 Å². The van der Waals surface area contributed by atoms with Crippen molar-refractivity contribution in [3.05, 3.63) is 29.6 Å². The van der Waals surface area contributed by atoms with Gasteiger partial charge in [0.05, 0.1) is 0 Å². The lowest BCUT2D eigenvalue weighted by Crippen LogP contribution is -2.51. The average Bonchev–Trinajstić information content (AvgIpc) is 2.51. The van der Waals surface area contributed by atoms with E-state index in [4.69, 9.17) is 0 Å². The SMILES string of the molecule is CC(C)(C)CC(=O)N1CCN(S(=O)(=O)c2ccc(F)c(F)c2F)CC1. The van der Waals surface area contributed by atoms with E-state index in [2.05, 4.69) is 0 Å². The summed E-state index contributed by atoms with van der Waals surface area (Å²) in [5.41, 5.74) is -0.185. The smallest absolute Gasteiger partial charge is 0.246 e. The fraction of sp³-hybridized carbons (Fsp3) is 0.562. The quantitative estimate of drug-likeness (QED) is 0.759. The number of benzene rings is 1. The van der Waals surface area contributed by atoms with Crippen LogP contribution in [0.2, 0.25) is 0 Å². The molecule has 0 atom stereocenters. The zero-order valence-electron chi connectivity index (χ0n) is 14.4. The van der Waals surface area contributed by atoms with Crippen molar-refractivity contribution >= 4 is 15.9 Å². The maximum atomic E-state index is 13.8. The van der Waals surface area contributed by atoms with Crippen molar-refractivity contribution in [3.63, 3.8) is 0 Å². The van der Waals surface area contributed by atoms with Gasteiger partial charge in [-0.05, 0) is 17.5 Å². The highest BCUT2D eigenvalue weighted by Gasteiger charge is 2.34. The molecule has 0 spiro atoms. The lowest BCUT2D eigenvalue weighted by atomic mass is 9.91. The average molecular weight is 378 g/mol. The van der Waals surface area contributed by atoms with Crippen molar-refractivity contribution in [2.45, 2.75) is 32.1 Å². The van der Waals surface area contributed by atoms with Crippen LogP contribution in [0.15, 0.2) is 17.0 Å². The van der Waals surface area contributed by atoms with Crippen LogP contribution in [-0.2, 0) is 14.8 Å². The summed E-state index contributed by atoms with van der Waals surface area (Å²) in [5, 5.41) is 0. The molecule has 0 radical (unpaired) electrons. The minimum atomic E-state index is -4.30. The van der Waals surface area contributed by atoms with Gasteiger partial charge in [-0.3, -0.25) is 4.79 Å². The molecule has 0 aromatic heterocycles. The Bertz CT molecular complexity index is 768. The Hall–Kier alpha value is -1.61. The topological polar surface area (TPSA) is 57.7 Å². The number of halogens is 3. The Kier molecular flexibility index (Phi) is 5.48. The van der Waals surface area contributed by atoms with Crippen molar-refractivity contribution in [3.8, 4) is 0 Å². The van der Waals surface area contributed by atoms with Crippen LogP contribution in [0.4, 0.5) is 13.2 Å². The van der Waals surface area contributed by atoms with Crippen molar-refractivity contribution in [1.29, 1.82) is 0 Å². The number of carbonyl (C=O) groups excluding carboxylic acids is 1. The van der Waals surface area contributed by atoms with E-state index in [1.165, 1.54) is 0 Å². The Balaban J connectivity index is 2.12. The summed E-state index contributed by atoms with van der Waals surface area (Å²) in [6.45, 7) is 6.05. The molecule has 0 unspecified atom stereocenters. The van der Waals surface area contributed by atoms with E-state index in [1.807, 2.05) is 20.8 Å². The fourth-order valence-corrected chi connectivity index (χ4v) is 4.07. The van der Waals surface area contributed by atoms with Gasteiger partial charge in [0.1, 0.15) is 4.90 Å². The first-order valence-corrected chi connectivity index (χ1v) is 9.29. The molecule has 1 fully saturated rings. The van der Waals surface area contributed by atoms with Crippen LogP contribution >= 0.6 is 0 Å². The van der Waals surface area contributed by atoms with Gasteiger partial charge in [0.25, 0.3) is 0 Å². The van der Waals surface area contributed by atoms with E-state index < -0.39 is 32.4 Å². The van der Waals surface area contributed by atoms with Crippen LogP contribution in [0.3, 0.4) is 0 Å². The van der Waals surface area contributed by atoms with E-state index in [0.29, 0.717) is 18.6 Å². The molecular weight excluding hydrogens is 357 g/mol. The van der Waals surface area contributed by atoms with Gasteiger partial charge in [0, 0.05) is 32.6 Å². The van der Waals surface area contributed by atoms with E-state index in [1.54, 1.807) is 4.90 Å². The molecule has 25 heavy (non-hydrogen) atoms. The lowest BCUT2D eigenvalue weighted by Gasteiger charge is -2.35. The molecule has 2 rings (SSSR count). The molecule has 0 aliphatic carbocycles. The predicted molar refractivity (Wildman–Crippen MR) is 85.7 cm³/mol. The molecular formula is C16H21F3N2O3S. The second-order valence-electron chi connectivity index (χ2n) is 7.20. The number of hydrogen-bond acceptors (Lipinski definition) is 3. The Morgan fingerprint density at radius 1 is 1.04 bits per heavy atom. The molecule has 0 bridgehead atoms. The Labute approximate surface area is 145 Å². The highest BCUT2D eigenvalue weighted by molar-refractivity contribution is 7.89. The predicted octanol–water partition coefficient (Wildman–Crippen LogP) is 2.37. The second-order valence-corrected chi connectivity index (χ2v) is 9.10. The fourth-order valence-electron chi connectivity index (χ4n) is 2.59. The molecule has 9 heteroatoms. The third-order valence-corrected chi connectivity index (χ3v) is 5.81. The maximum absolute atomic E-state index is 13.8. The molecule has 1 aliphatic heterocycles. The highest BCUT2D eigenvalue weighted by atomic mass is 32.2. The van der Waals surface area contributed by atoms with E-state index in [-0.39, 0.29) is 37.5 Å². The van der Waals surface area contributed by atoms with Crippen LogP contribution in [-0.4, -0.2) is 49.7 Å². The first-order chi connectivity index (χ1) is 11.4. The number of amides is 1. The molecule has 1 aliphatic rings. The van der Waals surface area contributed by atoms with Gasteiger partial charge in [-0.15, -0.1) is 0 Å². The number of piperazine rings is 1. The molecule has 5 nitrogen and oxygen atoms in total. The monoisotopic (exact) mass is 378 g/mol. The van der Waals surface area contributed by atoms with Gasteiger partial charge in [-0.25, -0.2) is 21.6 Å². The van der Waals surface area contributed by atoms with Crippen LogP contribution in [0.1, 0.15) is 27.2 Å². The van der Waals surface area contributed by atoms with E-state index in [9.17, 15) is 26.4 Å². The van der Waals surface area contributed by atoms with Gasteiger partial charge in [0.2, 0.25) is 15.9 Å². The van der Waals surface area contributed by atoms with Gasteiger partial charge in [0.15, 0.2) is 17.5 Å². The summed E-state index contributed by atoms with van der Waals surface area (Å²) >= 11 is 0. The molecule has 0 saturated carbocycles. The zero-order chi connectivity index (χ0) is 19.0. The summed E-state index contributed by atoms with van der Waals surface area (Å²) in [6, 6.07) is 1.29. The van der Waals surface area contributed by atoms with Gasteiger partial charge in [-0.2, -0.15) is 4.31 Å². The lowest BCUT2D eigenvalue weighted by molar-refractivity contribution is -0.134. The second kappa shape index (κ2) is 6.95. The Morgan fingerprint density at radius 3 is 2.12 bits per heavy atom. The van der Waals surface area contributed by atoms with Crippen LogP contribution in [0.5, 0.6) is 0 Å². The minimum absolute atomic E-state index is 0.0311. The summed E-state index contributed by atoms with van der Waals surface area (Å²) in [4.78, 5) is 12.8. The molecule has 1 aromatic carbocycles. The molecule has 140 valence electrons. The van der Waals surface area contributed by atoms with Crippen molar-refractivity contribution in [1.82, 2.24) is 9.21 Å². The summed E-state index contributed by atoms with van der Waals surface area (Å²) in [5.74, 6) is -5.08. The summed E-state index contributed by atoms with van der Waals surface area (Å²) < 4.78 is 66.1. The van der Waals surface area contributed by atoms with E-state index >= 15 is 0 Å². The normalized spacial score (nSPS) is 17.0. The van der Waals surface area contributed by atoms with Gasteiger partial charge in [-0.1, -0.05) is 20.8 Å². The van der Waals surface area contributed by atoms with Gasteiger partial charge < -0.3 is 4.90 Å². The van der Waals surface area contributed by atoms with Crippen LogP contribution < -0.4 is 0 Å². The van der Waals surface area contributed by atoms with Crippen molar-refractivity contribution in [2.24, 2.45) is 5.41 Å². The third kappa shape index (κ3) is 4.33. The molecule has 1 heterocycles. The first-order valence-electron chi connectivity index (χ1n) is 7.85. The maximum Gasteiger partial charge on any atom is 0.246 e. The first kappa shape index (κ1) is 19.7.